The van der Waals surface area contributed by atoms with E-state index in [1.54, 1.807) is 4.90 Å². The summed E-state index contributed by atoms with van der Waals surface area (Å²) in [6, 6.07) is 0. The smallest absolute Gasteiger partial charge is 0.410 e. The molecule has 2 fully saturated rings. The molecule has 5 nitrogen and oxygen atoms in total. The van der Waals surface area contributed by atoms with Crippen molar-refractivity contribution in [2.75, 3.05) is 32.8 Å². The van der Waals surface area contributed by atoms with Crippen molar-refractivity contribution in [3.8, 4) is 0 Å². The maximum atomic E-state index is 12.1. The summed E-state index contributed by atoms with van der Waals surface area (Å²) < 4.78 is 11.0. The predicted octanol–water partition coefficient (Wildman–Crippen LogP) is 1.38. The molecule has 2 rings (SSSR count). The second-order valence-corrected chi connectivity index (χ2v) is 6.27. The van der Waals surface area contributed by atoms with Crippen molar-refractivity contribution in [3.63, 3.8) is 0 Å². The van der Waals surface area contributed by atoms with Gasteiger partial charge in [-0.2, -0.15) is 0 Å². The highest BCUT2D eigenvalue weighted by Crippen LogP contribution is 2.24. The van der Waals surface area contributed by atoms with Gasteiger partial charge in [0.2, 0.25) is 0 Å². The van der Waals surface area contributed by atoms with Gasteiger partial charge in [0.05, 0.1) is 12.1 Å². The van der Waals surface area contributed by atoms with Gasteiger partial charge in [0.25, 0.3) is 0 Å². The van der Waals surface area contributed by atoms with E-state index in [1.807, 2.05) is 20.8 Å². The van der Waals surface area contributed by atoms with Gasteiger partial charge in [-0.15, -0.1) is 0 Å². The Morgan fingerprint density at radius 2 is 2.22 bits per heavy atom. The number of ether oxygens (including phenoxy) is 2. The third-order valence-electron chi connectivity index (χ3n) is 3.35. The number of hydrogen-bond donors (Lipinski definition) is 1. The van der Waals surface area contributed by atoms with Crippen molar-refractivity contribution >= 4 is 6.09 Å². The first-order valence-electron chi connectivity index (χ1n) is 6.71. The van der Waals surface area contributed by atoms with E-state index in [2.05, 4.69) is 5.32 Å². The molecule has 1 amide bonds. The van der Waals surface area contributed by atoms with Crippen LogP contribution in [0.15, 0.2) is 0 Å². The minimum Gasteiger partial charge on any atom is -0.444 e. The molecule has 2 aliphatic heterocycles. The van der Waals surface area contributed by atoms with Crippen LogP contribution < -0.4 is 5.32 Å². The van der Waals surface area contributed by atoms with Gasteiger partial charge in [-0.05, 0) is 33.6 Å². The molecule has 1 unspecified atom stereocenters. The molecule has 2 saturated heterocycles. The second-order valence-electron chi connectivity index (χ2n) is 6.27. The normalized spacial score (nSPS) is 29.4. The van der Waals surface area contributed by atoms with Crippen LogP contribution in [0.4, 0.5) is 4.79 Å². The molecule has 1 N–H and O–H groups in total. The summed E-state index contributed by atoms with van der Waals surface area (Å²) in [7, 11) is 0. The van der Waals surface area contributed by atoms with E-state index in [4.69, 9.17) is 9.47 Å². The number of nitrogens with one attached hydrogen (secondary N) is 1. The number of carbonyl (C=O) groups excluding carboxylic acids is 1. The van der Waals surface area contributed by atoms with E-state index in [0.29, 0.717) is 19.7 Å². The lowest BCUT2D eigenvalue weighted by Gasteiger charge is -2.45. The number of amides is 1. The zero-order valence-electron chi connectivity index (χ0n) is 11.6. The largest absolute Gasteiger partial charge is 0.444 e. The van der Waals surface area contributed by atoms with Crippen molar-refractivity contribution in [3.05, 3.63) is 0 Å². The van der Waals surface area contributed by atoms with Gasteiger partial charge in [-0.25, -0.2) is 4.79 Å². The van der Waals surface area contributed by atoms with Crippen LogP contribution in [0.3, 0.4) is 0 Å². The maximum absolute atomic E-state index is 12.1. The van der Waals surface area contributed by atoms with Gasteiger partial charge in [-0.1, -0.05) is 0 Å². The lowest BCUT2D eigenvalue weighted by molar-refractivity contribution is -0.0256. The summed E-state index contributed by atoms with van der Waals surface area (Å²) in [5.41, 5.74) is -0.494. The van der Waals surface area contributed by atoms with Gasteiger partial charge >= 0.3 is 6.09 Å². The number of piperazine rings is 1. The fourth-order valence-electron chi connectivity index (χ4n) is 2.56. The minimum absolute atomic E-state index is 0.0621. The summed E-state index contributed by atoms with van der Waals surface area (Å²) in [5.74, 6) is 0. The van der Waals surface area contributed by atoms with Crippen LogP contribution in [-0.2, 0) is 9.47 Å². The van der Waals surface area contributed by atoms with Crippen molar-refractivity contribution in [2.45, 2.75) is 44.8 Å². The SMILES string of the molecule is CC(C)(C)OC(=O)N1CCNC2(CCCOC2)C1. The third kappa shape index (κ3) is 3.36. The summed E-state index contributed by atoms with van der Waals surface area (Å²) >= 11 is 0. The molecule has 1 atom stereocenters. The summed E-state index contributed by atoms with van der Waals surface area (Å²) in [6.45, 7) is 9.40. The quantitative estimate of drug-likeness (QED) is 0.711. The minimum atomic E-state index is -0.432. The predicted molar refractivity (Wildman–Crippen MR) is 68.6 cm³/mol. The van der Waals surface area contributed by atoms with E-state index in [0.717, 1.165) is 26.0 Å². The molecule has 0 aromatic rings. The lowest BCUT2D eigenvalue weighted by atomic mass is 9.90. The van der Waals surface area contributed by atoms with Crippen molar-refractivity contribution in [1.82, 2.24) is 10.2 Å². The van der Waals surface area contributed by atoms with Gasteiger partial charge in [0, 0.05) is 26.2 Å². The summed E-state index contributed by atoms with van der Waals surface area (Å²) in [4.78, 5) is 13.9. The molecule has 5 heteroatoms. The first-order valence-corrected chi connectivity index (χ1v) is 6.71. The molecule has 0 radical (unpaired) electrons. The fourth-order valence-corrected chi connectivity index (χ4v) is 2.56. The van der Waals surface area contributed by atoms with Gasteiger partial charge in [-0.3, -0.25) is 0 Å². The Morgan fingerprint density at radius 1 is 1.44 bits per heavy atom. The molecule has 104 valence electrons. The molecule has 2 aliphatic rings. The molecule has 1 spiro atoms. The van der Waals surface area contributed by atoms with Crippen molar-refractivity contribution < 1.29 is 14.3 Å². The highest BCUT2D eigenvalue weighted by Gasteiger charge is 2.39. The zero-order valence-corrected chi connectivity index (χ0v) is 11.6. The van der Waals surface area contributed by atoms with Crippen LogP contribution >= 0.6 is 0 Å². The topological polar surface area (TPSA) is 50.8 Å². The molecular formula is C13H24N2O3. The van der Waals surface area contributed by atoms with Crippen LogP contribution in [0.1, 0.15) is 33.6 Å². The van der Waals surface area contributed by atoms with Crippen LogP contribution in [0, 0.1) is 0 Å². The number of nitrogens with zero attached hydrogens (tertiary/aromatic N) is 1. The average molecular weight is 256 g/mol. The zero-order chi connectivity index (χ0) is 13.2. The fraction of sp³-hybridized carbons (Fsp3) is 0.923. The van der Waals surface area contributed by atoms with Crippen LogP contribution in [-0.4, -0.2) is 55.0 Å². The molecule has 0 bridgehead atoms. The number of hydrogen-bond acceptors (Lipinski definition) is 4. The Bertz CT molecular complexity index is 300. The molecule has 0 aromatic carbocycles. The van der Waals surface area contributed by atoms with Crippen molar-refractivity contribution in [1.29, 1.82) is 0 Å². The molecule has 0 aromatic heterocycles. The van der Waals surface area contributed by atoms with E-state index < -0.39 is 5.60 Å². The maximum Gasteiger partial charge on any atom is 0.410 e. The lowest BCUT2D eigenvalue weighted by Crippen LogP contribution is -2.65. The molecule has 0 aliphatic carbocycles. The second kappa shape index (κ2) is 5.05. The first-order chi connectivity index (χ1) is 8.40. The third-order valence-corrected chi connectivity index (χ3v) is 3.35. The van der Waals surface area contributed by atoms with Gasteiger partial charge in [0.15, 0.2) is 0 Å². The Morgan fingerprint density at radius 3 is 2.83 bits per heavy atom. The molecule has 18 heavy (non-hydrogen) atoms. The highest BCUT2D eigenvalue weighted by molar-refractivity contribution is 5.68. The van der Waals surface area contributed by atoms with Gasteiger partial charge in [0.1, 0.15) is 5.60 Å². The van der Waals surface area contributed by atoms with Crippen molar-refractivity contribution in [2.24, 2.45) is 0 Å². The summed E-state index contributed by atoms with van der Waals surface area (Å²) in [6.07, 6.45) is 1.90. The molecule has 0 saturated carbocycles. The Balaban J connectivity index is 1.95. The first kappa shape index (κ1) is 13.6. The van der Waals surface area contributed by atoms with Crippen LogP contribution in [0.5, 0.6) is 0 Å². The number of rotatable bonds is 0. The summed E-state index contributed by atoms with van der Waals surface area (Å²) in [5, 5.41) is 3.51. The number of carbonyl (C=O) groups is 1. The Hall–Kier alpha value is -0.810. The van der Waals surface area contributed by atoms with Gasteiger partial charge < -0.3 is 19.7 Å². The molecule has 2 heterocycles. The highest BCUT2D eigenvalue weighted by atomic mass is 16.6. The van der Waals surface area contributed by atoms with E-state index in [9.17, 15) is 4.79 Å². The Kier molecular flexibility index (Phi) is 3.82. The average Bonchev–Trinajstić information content (AvgIpc) is 2.28. The van der Waals surface area contributed by atoms with Crippen LogP contribution in [0.25, 0.3) is 0 Å². The van der Waals surface area contributed by atoms with E-state index in [1.165, 1.54) is 0 Å². The van der Waals surface area contributed by atoms with E-state index in [-0.39, 0.29) is 11.6 Å². The monoisotopic (exact) mass is 256 g/mol. The molecular weight excluding hydrogens is 232 g/mol. The van der Waals surface area contributed by atoms with Crippen LogP contribution in [0.2, 0.25) is 0 Å². The standard InChI is InChI=1S/C13H24N2O3/c1-12(2,3)18-11(16)15-7-6-14-13(9-15)5-4-8-17-10-13/h14H,4-10H2,1-3H3. The Labute approximate surface area is 109 Å². The van der Waals surface area contributed by atoms with E-state index >= 15 is 0 Å².